The number of esters is 2. The summed E-state index contributed by atoms with van der Waals surface area (Å²) in [6.45, 7) is 4.95. The number of rotatable bonds is 5. The highest BCUT2D eigenvalue weighted by atomic mass is 32.2. The van der Waals surface area contributed by atoms with E-state index < -0.39 is 38.4 Å². The summed E-state index contributed by atoms with van der Waals surface area (Å²) < 4.78 is 33.7. The van der Waals surface area contributed by atoms with Gasteiger partial charge < -0.3 is 9.47 Å². The normalized spacial score (nSPS) is 17.7. The van der Waals surface area contributed by atoms with Crippen molar-refractivity contribution in [3.8, 4) is 0 Å². The van der Waals surface area contributed by atoms with Crippen LogP contribution in [0.15, 0.2) is 0 Å². The smallest absolute Gasteiger partial charge is 0.324 e. The van der Waals surface area contributed by atoms with Gasteiger partial charge in [0.1, 0.15) is 11.4 Å². The van der Waals surface area contributed by atoms with Crippen LogP contribution in [0.4, 0.5) is 0 Å². The van der Waals surface area contributed by atoms with Crippen molar-refractivity contribution in [3.63, 3.8) is 0 Å². The number of carbonyl (C=O) groups excluding carboxylic acids is 2. The van der Waals surface area contributed by atoms with Crippen LogP contribution >= 0.6 is 0 Å². The minimum atomic E-state index is -3.89. The lowest BCUT2D eigenvalue weighted by Gasteiger charge is -2.20. The van der Waals surface area contributed by atoms with E-state index in [0.717, 1.165) is 7.11 Å². The topological polar surface area (TPSA) is 86.7 Å². The second kappa shape index (κ2) is 5.48. The molecular weight excluding hydrogens is 272 g/mol. The monoisotopic (exact) mass is 292 g/mol. The summed E-state index contributed by atoms with van der Waals surface area (Å²) in [6, 6.07) is 0. The number of hydrogen-bond acceptors (Lipinski definition) is 6. The molecule has 1 aliphatic rings. The average Bonchev–Trinajstić information content (AvgIpc) is 2.96. The summed E-state index contributed by atoms with van der Waals surface area (Å²) in [5.41, 5.74) is -0.757. The maximum absolute atomic E-state index is 12.1. The lowest BCUT2D eigenvalue weighted by atomic mass is 10.2. The lowest BCUT2D eigenvalue weighted by Crippen LogP contribution is -2.39. The molecule has 0 saturated heterocycles. The van der Waals surface area contributed by atoms with Gasteiger partial charge in [0.25, 0.3) is 0 Å². The average molecular weight is 292 g/mol. The van der Waals surface area contributed by atoms with Gasteiger partial charge in [-0.3, -0.25) is 9.59 Å². The molecule has 1 aliphatic carbocycles. The molecule has 1 unspecified atom stereocenters. The zero-order valence-corrected chi connectivity index (χ0v) is 12.5. The molecule has 1 rings (SSSR count). The van der Waals surface area contributed by atoms with Crippen molar-refractivity contribution in [2.24, 2.45) is 5.92 Å². The molecule has 110 valence electrons. The first-order valence-electron chi connectivity index (χ1n) is 6.08. The molecule has 0 aromatic heterocycles. The molecule has 1 saturated carbocycles. The van der Waals surface area contributed by atoms with Crippen molar-refractivity contribution >= 4 is 21.8 Å². The van der Waals surface area contributed by atoms with Gasteiger partial charge in [-0.1, -0.05) is 0 Å². The second-order valence-corrected chi connectivity index (χ2v) is 7.80. The molecule has 0 heterocycles. The Morgan fingerprint density at radius 2 is 1.79 bits per heavy atom. The van der Waals surface area contributed by atoms with E-state index in [1.165, 1.54) is 0 Å². The minimum Gasteiger partial charge on any atom is -0.468 e. The fourth-order valence-electron chi connectivity index (χ4n) is 1.77. The zero-order valence-electron chi connectivity index (χ0n) is 11.6. The van der Waals surface area contributed by atoms with E-state index in [0.29, 0.717) is 12.8 Å². The van der Waals surface area contributed by atoms with Crippen molar-refractivity contribution in [2.75, 3.05) is 12.9 Å². The molecule has 0 N–H and O–H groups in total. The van der Waals surface area contributed by atoms with Gasteiger partial charge in [-0.2, -0.15) is 0 Å². The van der Waals surface area contributed by atoms with Crippen LogP contribution in [0, 0.1) is 5.92 Å². The van der Waals surface area contributed by atoms with Crippen LogP contribution in [-0.2, 0) is 28.9 Å². The van der Waals surface area contributed by atoms with E-state index in [9.17, 15) is 18.0 Å². The quantitative estimate of drug-likeness (QED) is 0.693. The Morgan fingerprint density at radius 1 is 1.26 bits per heavy atom. The third kappa shape index (κ3) is 4.81. The van der Waals surface area contributed by atoms with Gasteiger partial charge in [-0.15, -0.1) is 0 Å². The summed E-state index contributed by atoms with van der Waals surface area (Å²) in [4.78, 5) is 23.1. The van der Waals surface area contributed by atoms with Gasteiger partial charge in [0, 0.05) is 0 Å². The Labute approximate surface area is 113 Å². The molecule has 0 amide bonds. The Hall–Kier alpha value is -1.11. The fraction of sp³-hybridized carbons (Fsp3) is 0.833. The van der Waals surface area contributed by atoms with Crippen molar-refractivity contribution in [1.29, 1.82) is 0 Å². The van der Waals surface area contributed by atoms with Crippen LogP contribution in [-0.4, -0.2) is 44.1 Å². The van der Waals surface area contributed by atoms with Crippen LogP contribution in [0.25, 0.3) is 0 Å². The first-order valence-corrected chi connectivity index (χ1v) is 7.79. The zero-order chi connectivity index (χ0) is 14.8. The lowest BCUT2D eigenvalue weighted by molar-refractivity contribution is -0.151. The predicted octanol–water partition coefficient (Wildman–Crippen LogP) is 0.694. The molecular formula is C12H20O6S. The third-order valence-electron chi connectivity index (χ3n) is 2.61. The van der Waals surface area contributed by atoms with Crippen LogP contribution in [0.1, 0.15) is 33.6 Å². The van der Waals surface area contributed by atoms with Gasteiger partial charge in [0.15, 0.2) is 15.1 Å². The third-order valence-corrected chi connectivity index (χ3v) is 4.60. The summed E-state index contributed by atoms with van der Waals surface area (Å²) in [6.07, 6.45) is 1.32. The van der Waals surface area contributed by atoms with Crippen molar-refractivity contribution < 1.29 is 27.5 Å². The van der Waals surface area contributed by atoms with E-state index >= 15 is 0 Å². The van der Waals surface area contributed by atoms with Crippen LogP contribution in [0.5, 0.6) is 0 Å². The fourth-order valence-corrected chi connectivity index (χ4v) is 3.59. The largest absolute Gasteiger partial charge is 0.468 e. The van der Waals surface area contributed by atoms with Crippen molar-refractivity contribution in [1.82, 2.24) is 0 Å². The van der Waals surface area contributed by atoms with Gasteiger partial charge in [-0.05, 0) is 39.5 Å². The van der Waals surface area contributed by atoms with Gasteiger partial charge in [0.05, 0.1) is 7.11 Å². The first kappa shape index (κ1) is 15.9. The van der Waals surface area contributed by atoms with Crippen LogP contribution in [0.2, 0.25) is 0 Å². The molecule has 0 aromatic rings. The minimum absolute atomic E-state index is 0.236. The standard InChI is InChI=1S/C12H20O6S/c1-12(2,3)18-9(13)7-19(15,16)10(8-5-6-8)11(14)17-4/h8,10H,5-7H2,1-4H3. The molecule has 0 bridgehead atoms. The molecule has 0 aromatic carbocycles. The molecule has 19 heavy (non-hydrogen) atoms. The molecule has 6 nitrogen and oxygen atoms in total. The molecule has 0 radical (unpaired) electrons. The molecule has 1 fully saturated rings. The van der Waals surface area contributed by atoms with E-state index in [1.807, 2.05) is 0 Å². The van der Waals surface area contributed by atoms with Crippen LogP contribution in [0.3, 0.4) is 0 Å². The highest BCUT2D eigenvalue weighted by molar-refractivity contribution is 7.93. The summed E-state index contributed by atoms with van der Waals surface area (Å²) in [5, 5.41) is -1.25. The molecule has 0 spiro atoms. The van der Waals surface area contributed by atoms with E-state index in [1.54, 1.807) is 20.8 Å². The Morgan fingerprint density at radius 3 is 2.16 bits per heavy atom. The number of methoxy groups -OCH3 is 1. The van der Waals surface area contributed by atoms with Crippen LogP contribution < -0.4 is 0 Å². The SMILES string of the molecule is COC(=O)C(C1CC1)S(=O)(=O)CC(=O)OC(C)(C)C. The molecule has 1 atom stereocenters. The van der Waals surface area contributed by atoms with E-state index in [2.05, 4.69) is 4.74 Å². The number of hydrogen-bond donors (Lipinski definition) is 0. The molecule has 7 heteroatoms. The van der Waals surface area contributed by atoms with Crippen molar-refractivity contribution in [2.45, 2.75) is 44.5 Å². The number of sulfone groups is 1. The Bertz CT molecular complexity index is 455. The summed E-state index contributed by atoms with van der Waals surface area (Å²) in [7, 11) is -2.75. The first-order chi connectivity index (χ1) is 8.57. The van der Waals surface area contributed by atoms with E-state index in [4.69, 9.17) is 4.74 Å². The maximum Gasteiger partial charge on any atom is 0.324 e. The van der Waals surface area contributed by atoms with Gasteiger partial charge in [0.2, 0.25) is 0 Å². The van der Waals surface area contributed by atoms with Gasteiger partial charge >= 0.3 is 11.9 Å². The highest BCUT2D eigenvalue weighted by Crippen LogP contribution is 2.37. The maximum atomic E-state index is 12.1. The Kier molecular flexibility index (Phi) is 4.60. The summed E-state index contributed by atoms with van der Waals surface area (Å²) >= 11 is 0. The molecule has 0 aliphatic heterocycles. The predicted molar refractivity (Wildman–Crippen MR) is 68.2 cm³/mol. The van der Waals surface area contributed by atoms with Gasteiger partial charge in [-0.25, -0.2) is 8.42 Å². The van der Waals surface area contributed by atoms with Crippen molar-refractivity contribution in [3.05, 3.63) is 0 Å². The highest BCUT2D eigenvalue weighted by Gasteiger charge is 2.46. The Balaban J connectivity index is 2.78. The van der Waals surface area contributed by atoms with E-state index in [-0.39, 0.29) is 5.92 Å². The number of ether oxygens (including phenoxy) is 2. The second-order valence-electron chi connectivity index (χ2n) is 5.67. The summed E-state index contributed by atoms with van der Waals surface area (Å²) in [5.74, 6) is -2.67. The number of carbonyl (C=O) groups is 2.